The molecule has 2 aliphatic rings. The Kier molecular flexibility index (Phi) is 2.78. The first-order valence-corrected chi connectivity index (χ1v) is 6.53. The summed E-state index contributed by atoms with van der Waals surface area (Å²) in [5.74, 6) is 0.0775. The fraction of sp³-hybridized carbons (Fsp3) is 0.615. The molecule has 1 aliphatic carbocycles. The summed E-state index contributed by atoms with van der Waals surface area (Å²) < 4.78 is 7.50. The van der Waals surface area contributed by atoms with E-state index in [0.29, 0.717) is 31.4 Å². The van der Waals surface area contributed by atoms with E-state index < -0.39 is 0 Å². The van der Waals surface area contributed by atoms with E-state index in [4.69, 9.17) is 10.5 Å². The summed E-state index contributed by atoms with van der Waals surface area (Å²) in [4.78, 5) is 14.4. The van der Waals surface area contributed by atoms with Gasteiger partial charge in [0.1, 0.15) is 5.69 Å². The van der Waals surface area contributed by atoms with Crippen molar-refractivity contribution in [1.82, 2.24) is 9.47 Å². The van der Waals surface area contributed by atoms with Crippen molar-refractivity contribution in [2.45, 2.75) is 31.9 Å². The van der Waals surface area contributed by atoms with Gasteiger partial charge in [-0.15, -0.1) is 0 Å². The Labute approximate surface area is 106 Å². The van der Waals surface area contributed by atoms with Gasteiger partial charge in [0.15, 0.2) is 0 Å². The Hall–Kier alpha value is -1.49. The van der Waals surface area contributed by atoms with E-state index in [0.717, 1.165) is 18.5 Å². The lowest BCUT2D eigenvalue weighted by atomic mass is 10.2. The van der Waals surface area contributed by atoms with Crippen LogP contribution in [0.3, 0.4) is 0 Å². The van der Waals surface area contributed by atoms with E-state index in [1.54, 1.807) is 6.07 Å². The fourth-order valence-electron chi connectivity index (χ4n) is 2.49. The molecular formula is C13H19N3O2. The summed E-state index contributed by atoms with van der Waals surface area (Å²) in [5, 5.41) is 0. The Morgan fingerprint density at radius 1 is 1.50 bits per heavy atom. The SMILES string of the molecule is CC1CN(C(=O)c2cc(N)cn2C2CC2)CCO1. The Balaban J connectivity index is 1.82. The number of carbonyl (C=O) groups excluding carboxylic acids is 1. The molecule has 1 saturated heterocycles. The second-order valence-electron chi connectivity index (χ2n) is 5.23. The van der Waals surface area contributed by atoms with Gasteiger partial charge in [-0.2, -0.15) is 0 Å². The lowest BCUT2D eigenvalue weighted by Crippen LogP contribution is -2.45. The van der Waals surface area contributed by atoms with Crippen LogP contribution in [0.25, 0.3) is 0 Å². The number of nitrogen functional groups attached to an aromatic ring is 1. The third-order valence-electron chi connectivity index (χ3n) is 3.56. The van der Waals surface area contributed by atoms with Crippen molar-refractivity contribution in [3.8, 4) is 0 Å². The number of nitrogens with two attached hydrogens (primary N) is 1. The molecule has 0 spiro atoms. The smallest absolute Gasteiger partial charge is 0.270 e. The molecule has 1 aromatic heterocycles. The van der Waals surface area contributed by atoms with Gasteiger partial charge < -0.3 is 19.9 Å². The summed E-state index contributed by atoms with van der Waals surface area (Å²) in [6, 6.07) is 2.26. The standard InChI is InChI=1S/C13H19N3O2/c1-9-7-15(4-5-18-9)13(17)12-6-10(14)8-16(12)11-2-3-11/h6,8-9,11H,2-5,7,14H2,1H3. The molecule has 5 nitrogen and oxygen atoms in total. The third kappa shape index (κ3) is 2.10. The molecule has 1 amide bonds. The van der Waals surface area contributed by atoms with Crippen LogP contribution in [0, 0.1) is 0 Å². The minimum Gasteiger partial charge on any atom is -0.397 e. The first-order chi connectivity index (χ1) is 8.65. The molecule has 2 N–H and O–H groups in total. The van der Waals surface area contributed by atoms with Crippen LogP contribution in [0.5, 0.6) is 0 Å². The molecule has 0 aromatic carbocycles. The number of hydrogen-bond donors (Lipinski definition) is 1. The predicted octanol–water partition coefficient (Wildman–Crippen LogP) is 1.27. The lowest BCUT2D eigenvalue weighted by Gasteiger charge is -2.31. The molecule has 98 valence electrons. The molecule has 1 atom stereocenters. The molecule has 1 aromatic rings. The maximum absolute atomic E-state index is 12.5. The van der Waals surface area contributed by atoms with Crippen LogP contribution in [0.2, 0.25) is 0 Å². The first kappa shape index (κ1) is 11.6. The van der Waals surface area contributed by atoms with Gasteiger partial charge in [0.2, 0.25) is 0 Å². The van der Waals surface area contributed by atoms with Gasteiger partial charge in [0, 0.05) is 25.3 Å². The number of morpholine rings is 1. The quantitative estimate of drug-likeness (QED) is 0.858. The molecule has 18 heavy (non-hydrogen) atoms. The van der Waals surface area contributed by atoms with Crippen LogP contribution < -0.4 is 5.73 Å². The van der Waals surface area contributed by atoms with Crippen molar-refractivity contribution < 1.29 is 9.53 Å². The zero-order valence-corrected chi connectivity index (χ0v) is 10.6. The van der Waals surface area contributed by atoms with E-state index in [9.17, 15) is 4.79 Å². The van der Waals surface area contributed by atoms with Crippen molar-refractivity contribution in [2.75, 3.05) is 25.4 Å². The Bertz CT molecular complexity index is 465. The summed E-state index contributed by atoms with van der Waals surface area (Å²) in [5.41, 5.74) is 7.22. The van der Waals surface area contributed by atoms with Crippen molar-refractivity contribution in [3.63, 3.8) is 0 Å². The van der Waals surface area contributed by atoms with Gasteiger partial charge in [-0.25, -0.2) is 0 Å². The first-order valence-electron chi connectivity index (χ1n) is 6.53. The summed E-state index contributed by atoms with van der Waals surface area (Å²) in [6.45, 7) is 3.94. The number of amides is 1. The molecule has 0 bridgehead atoms. The van der Waals surface area contributed by atoms with Crippen LogP contribution in [0.4, 0.5) is 5.69 Å². The van der Waals surface area contributed by atoms with E-state index in [1.165, 1.54) is 0 Å². The van der Waals surface area contributed by atoms with E-state index >= 15 is 0 Å². The Morgan fingerprint density at radius 3 is 2.94 bits per heavy atom. The highest BCUT2D eigenvalue weighted by Gasteiger charge is 2.30. The van der Waals surface area contributed by atoms with Gasteiger partial charge in [-0.05, 0) is 25.8 Å². The summed E-state index contributed by atoms with van der Waals surface area (Å²) in [6.07, 6.45) is 4.29. The zero-order valence-electron chi connectivity index (χ0n) is 10.6. The highest BCUT2D eigenvalue weighted by atomic mass is 16.5. The number of nitrogens with zero attached hydrogens (tertiary/aromatic N) is 2. The largest absolute Gasteiger partial charge is 0.397 e. The maximum Gasteiger partial charge on any atom is 0.270 e. The molecule has 2 fully saturated rings. The third-order valence-corrected chi connectivity index (χ3v) is 3.56. The van der Waals surface area contributed by atoms with Gasteiger partial charge in [-0.1, -0.05) is 0 Å². The summed E-state index contributed by atoms with van der Waals surface area (Å²) in [7, 11) is 0. The van der Waals surface area contributed by atoms with Crippen molar-refractivity contribution in [3.05, 3.63) is 18.0 Å². The highest BCUT2D eigenvalue weighted by molar-refractivity contribution is 5.94. The molecule has 1 aliphatic heterocycles. The molecule has 1 saturated carbocycles. The number of hydrogen-bond acceptors (Lipinski definition) is 3. The minimum atomic E-state index is 0.0775. The van der Waals surface area contributed by atoms with Gasteiger partial charge >= 0.3 is 0 Å². The van der Waals surface area contributed by atoms with Crippen LogP contribution >= 0.6 is 0 Å². The number of rotatable bonds is 2. The lowest BCUT2D eigenvalue weighted by molar-refractivity contribution is -0.0128. The van der Waals surface area contributed by atoms with Crippen LogP contribution in [-0.4, -0.2) is 41.2 Å². The summed E-state index contributed by atoms with van der Waals surface area (Å²) >= 11 is 0. The number of ether oxygens (including phenoxy) is 1. The van der Waals surface area contributed by atoms with E-state index in [-0.39, 0.29) is 12.0 Å². The van der Waals surface area contributed by atoms with Crippen LogP contribution in [0.15, 0.2) is 12.3 Å². The topological polar surface area (TPSA) is 60.5 Å². The van der Waals surface area contributed by atoms with Gasteiger partial charge in [-0.3, -0.25) is 4.79 Å². The molecular weight excluding hydrogens is 230 g/mol. The Morgan fingerprint density at radius 2 is 2.28 bits per heavy atom. The zero-order chi connectivity index (χ0) is 12.7. The number of aromatic nitrogens is 1. The van der Waals surface area contributed by atoms with Crippen molar-refractivity contribution >= 4 is 11.6 Å². The monoisotopic (exact) mass is 249 g/mol. The second-order valence-corrected chi connectivity index (χ2v) is 5.23. The second kappa shape index (κ2) is 4.31. The van der Waals surface area contributed by atoms with Gasteiger partial charge in [0.25, 0.3) is 5.91 Å². The van der Waals surface area contributed by atoms with Crippen molar-refractivity contribution in [1.29, 1.82) is 0 Å². The average Bonchev–Trinajstić information content (AvgIpc) is 3.12. The highest BCUT2D eigenvalue weighted by Crippen LogP contribution is 2.37. The molecule has 5 heteroatoms. The van der Waals surface area contributed by atoms with E-state index in [1.807, 2.05) is 22.6 Å². The van der Waals surface area contributed by atoms with E-state index in [2.05, 4.69) is 0 Å². The van der Waals surface area contributed by atoms with Crippen LogP contribution in [0.1, 0.15) is 36.3 Å². The molecule has 0 radical (unpaired) electrons. The maximum atomic E-state index is 12.5. The molecule has 3 rings (SSSR count). The number of carbonyl (C=O) groups is 1. The normalized spacial score (nSPS) is 24.3. The number of anilines is 1. The van der Waals surface area contributed by atoms with Gasteiger partial charge in [0.05, 0.1) is 18.4 Å². The molecule has 1 unspecified atom stereocenters. The average molecular weight is 249 g/mol. The van der Waals surface area contributed by atoms with Crippen molar-refractivity contribution in [2.24, 2.45) is 0 Å². The van der Waals surface area contributed by atoms with Crippen LogP contribution in [-0.2, 0) is 4.74 Å². The predicted molar refractivity (Wildman–Crippen MR) is 68.4 cm³/mol. The fourth-order valence-corrected chi connectivity index (χ4v) is 2.49. The molecule has 2 heterocycles. The minimum absolute atomic E-state index is 0.0775.